The second-order valence-corrected chi connectivity index (χ2v) is 8.15. The van der Waals surface area contributed by atoms with Crippen LogP contribution in [0.2, 0.25) is 5.02 Å². The van der Waals surface area contributed by atoms with Crippen molar-refractivity contribution in [2.75, 3.05) is 29.8 Å². The molecule has 1 aliphatic heterocycles. The molecule has 2 aromatic rings. The minimum absolute atomic E-state index is 0.183. The van der Waals surface area contributed by atoms with Gasteiger partial charge < -0.3 is 9.64 Å². The van der Waals surface area contributed by atoms with Crippen LogP contribution in [0.25, 0.3) is 0 Å². The Labute approximate surface area is 153 Å². The highest BCUT2D eigenvalue weighted by Gasteiger charge is 2.19. The summed E-state index contributed by atoms with van der Waals surface area (Å²) in [6, 6.07) is 13.5. The van der Waals surface area contributed by atoms with Crippen LogP contribution in [-0.2, 0) is 14.8 Å². The van der Waals surface area contributed by atoms with Crippen LogP contribution in [0.15, 0.2) is 53.4 Å². The molecule has 2 aromatic carbocycles. The molecule has 1 fully saturated rings. The van der Waals surface area contributed by atoms with Gasteiger partial charge in [0, 0.05) is 36.6 Å². The van der Waals surface area contributed by atoms with Crippen molar-refractivity contribution in [3.8, 4) is 0 Å². The second-order valence-electron chi connectivity index (χ2n) is 6.03. The van der Waals surface area contributed by atoms with Gasteiger partial charge in [0.25, 0.3) is 10.0 Å². The highest BCUT2D eigenvalue weighted by Crippen LogP contribution is 2.24. The Kier molecular flexibility index (Phi) is 5.51. The Morgan fingerprint density at radius 3 is 2.20 bits per heavy atom. The van der Waals surface area contributed by atoms with Crippen molar-refractivity contribution >= 4 is 33.0 Å². The van der Waals surface area contributed by atoms with E-state index in [2.05, 4.69) is 9.62 Å². The van der Waals surface area contributed by atoms with Crippen molar-refractivity contribution in [1.82, 2.24) is 0 Å². The van der Waals surface area contributed by atoms with Crippen molar-refractivity contribution < 1.29 is 13.2 Å². The molecule has 0 saturated carbocycles. The average Bonchev–Trinajstić information content (AvgIpc) is 2.62. The third kappa shape index (κ3) is 4.45. The maximum atomic E-state index is 12.4. The van der Waals surface area contributed by atoms with Gasteiger partial charge in [-0.1, -0.05) is 11.6 Å². The fraction of sp³-hybridized carbons (Fsp3) is 0.333. The number of ether oxygens (including phenoxy) is 1. The lowest BCUT2D eigenvalue weighted by atomic mass is 10.1. The van der Waals surface area contributed by atoms with Crippen LogP contribution in [-0.4, -0.2) is 34.7 Å². The first-order chi connectivity index (χ1) is 12.0. The molecule has 1 saturated heterocycles. The fourth-order valence-electron chi connectivity index (χ4n) is 2.92. The normalized spacial score (nSPS) is 16.0. The molecule has 1 N–H and O–H groups in total. The average molecular weight is 381 g/mol. The van der Waals surface area contributed by atoms with Crippen molar-refractivity contribution in [2.24, 2.45) is 0 Å². The van der Waals surface area contributed by atoms with E-state index in [0.717, 1.165) is 31.6 Å². The quantitative estimate of drug-likeness (QED) is 0.858. The summed E-state index contributed by atoms with van der Waals surface area (Å²) in [5, 5.41) is 0.501. The van der Waals surface area contributed by atoms with E-state index >= 15 is 0 Å². The van der Waals surface area contributed by atoms with Crippen LogP contribution in [0.4, 0.5) is 11.4 Å². The molecule has 0 amide bonds. The van der Waals surface area contributed by atoms with Crippen LogP contribution in [0.1, 0.15) is 12.8 Å². The SMILES string of the molecule is COC1CCN(c2ccc(NS(=O)(=O)c3ccc(Cl)cc3)cc2)CC1. The van der Waals surface area contributed by atoms with E-state index in [1.807, 2.05) is 12.1 Å². The lowest BCUT2D eigenvalue weighted by Gasteiger charge is -2.33. The van der Waals surface area contributed by atoms with Gasteiger partial charge in [-0.15, -0.1) is 0 Å². The summed E-state index contributed by atoms with van der Waals surface area (Å²) in [6.45, 7) is 1.88. The minimum atomic E-state index is -3.62. The summed E-state index contributed by atoms with van der Waals surface area (Å²) in [5.41, 5.74) is 1.62. The molecule has 134 valence electrons. The number of hydrogen-bond donors (Lipinski definition) is 1. The molecule has 0 spiro atoms. The van der Waals surface area contributed by atoms with Crippen molar-refractivity contribution in [3.63, 3.8) is 0 Å². The maximum Gasteiger partial charge on any atom is 0.261 e. The fourth-order valence-corrected chi connectivity index (χ4v) is 4.10. The standard InChI is InChI=1S/C18H21ClN2O3S/c1-24-17-10-12-21(13-11-17)16-6-4-15(5-7-16)20-25(22,23)18-8-2-14(19)3-9-18/h2-9,17,20H,10-13H2,1H3. The van der Waals surface area contributed by atoms with Gasteiger partial charge in [0.1, 0.15) is 0 Å². The molecule has 0 aromatic heterocycles. The third-order valence-electron chi connectivity index (χ3n) is 4.38. The van der Waals surface area contributed by atoms with E-state index in [-0.39, 0.29) is 4.90 Å². The van der Waals surface area contributed by atoms with Gasteiger partial charge in [-0.05, 0) is 61.4 Å². The number of rotatable bonds is 5. The van der Waals surface area contributed by atoms with Crippen molar-refractivity contribution in [3.05, 3.63) is 53.6 Å². The zero-order valence-corrected chi connectivity index (χ0v) is 15.6. The van der Waals surface area contributed by atoms with Gasteiger partial charge in [-0.25, -0.2) is 8.42 Å². The number of piperidine rings is 1. The first-order valence-corrected chi connectivity index (χ1v) is 10.0. The molecule has 5 nitrogen and oxygen atoms in total. The first kappa shape index (κ1) is 18.0. The highest BCUT2D eigenvalue weighted by atomic mass is 35.5. The predicted octanol–water partition coefficient (Wildman–Crippen LogP) is 3.76. The summed E-state index contributed by atoms with van der Waals surface area (Å²) in [6.07, 6.45) is 2.34. The highest BCUT2D eigenvalue weighted by molar-refractivity contribution is 7.92. The smallest absolute Gasteiger partial charge is 0.261 e. The molecule has 0 aliphatic carbocycles. The first-order valence-electron chi connectivity index (χ1n) is 8.14. The lowest BCUT2D eigenvalue weighted by Crippen LogP contribution is -2.36. The maximum absolute atomic E-state index is 12.4. The van der Waals surface area contributed by atoms with Crippen LogP contribution >= 0.6 is 11.6 Å². The molecule has 7 heteroatoms. The van der Waals surface area contributed by atoms with Gasteiger partial charge in [-0.3, -0.25) is 4.72 Å². The molecule has 0 unspecified atom stereocenters. The van der Waals surface area contributed by atoms with Gasteiger partial charge in [0.15, 0.2) is 0 Å². The number of sulfonamides is 1. The van der Waals surface area contributed by atoms with Crippen LogP contribution in [0, 0.1) is 0 Å². The molecule has 0 bridgehead atoms. The number of hydrogen-bond acceptors (Lipinski definition) is 4. The van der Waals surface area contributed by atoms with Gasteiger partial charge in [0.05, 0.1) is 11.0 Å². The number of nitrogens with zero attached hydrogens (tertiary/aromatic N) is 1. The van der Waals surface area contributed by atoms with E-state index in [1.165, 1.54) is 12.1 Å². The lowest BCUT2D eigenvalue weighted by molar-refractivity contribution is 0.0819. The van der Waals surface area contributed by atoms with E-state index in [9.17, 15) is 8.42 Å². The molecule has 3 rings (SSSR count). The molecule has 1 heterocycles. The Hall–Kier alpha value is -1.76. The molecular formula is C18H21ClN2O3S. The Morgan fingerprint density at radius 1 is 1.04 bits per heavy atom. The largest absolute Gasteiger partial charge is 0.381 e. The van der Waals surface area contributed by atoms with Crippen LogP contribution < -0.4 is 9.62 Å². The van der Waals surface area contributed by atoms with Gasteiger partial charge in [-0.2, -0.15) is 0 Å². The zero-order chi connectivity index (χ0) is 17.9. The Balaban J connectivity index is 1.67. The summed E-state index contributed by atoms with van der Waals surface area (Å²) >= 11 is 5.80. The number of anilines is 2. The third-order valence-corrected chi connectivity index (χ3v) is 6.03. The second kappa shape index (κ2) is 7.64. The topological polar surface area (TPSA) is 58.6 Å². The summed E-state index contributed by atoms with van der Waals surface area (Å²) in [4.78, 5) is 2.47. The van der Waals surface area contributed by atoms with Gasteiger partial charge in [0.2, 0.25) is 0 Å². The minimum Gasteiger partial charge on any atom is -0.381 e. The molecule has 0 radical (unpaired) electrons. The number of methoxy groups -OCH3 is 1. The number of nitrogens with one attached hydrogen (secondary N) is 1. The molecular weight excluding hydrogens is 360 g/mol. The molecule has 0 atom stereocenters. The van der Waals surface area contributed by atoms with Crippen LogP contribution in [0.3, 0.4) is 0 Å². The summed E-state index contributed by atoms with van der Waals surface area (Å²) in [7, 11) is -1.87. The molecule has 25 heavy (non-hydrogen) atoms. The summed E-state index contributed by atoms with van der Waals surface area (Å²) in [5.74, 6) is 0. The number of halogens is 1. The van der Waals surface area contributed by atoms with E-state index < -0.39 is 10.0 Å². The van der Waals surface area contributed by atoms with Crippen LogP contribution in [0.5, 0.6) is 0 Å². The monoisotopic (exact) mass is 380 g/mol. The number of benzene rings is 2. The van der Waals surface area contributed by atoms with Gasteiger partial charge >= 0.3 is 0 Å². The predicted molar refractivity (Wildman–Crippen MR) is 101 cm³/mol. The zero-order valence-electron chi connectivity index (χ0n) is 14.0. The Morgan fingerprint density at radius 2 is 1.64 bits per heavy atom. The van der Waals surface area contributed by atoms with E-state index in [1.54, 1.807) is 31.4 Å². The molecule has 1 aliphatic rings. The summed E-state index contributed by atoms with van der Waals surface area (Å²) < 4.78 is 32.8. The van der Waals surface area contributed by atoms with Crippen molar-refractivity contribution in [2.45, 2.75) is 23.8 Å². The van der Waals surface area contributed by atoms with E-state index in [4.69, 9.17) is 16.3 Å². The Bertz CT molecular complexity index is 799. The van der Waals surface area contributed by atoms with E-state index in [0.29, 0.717) is 16.8 Å². The van der Waals surface area contributed by atoms with Crippen molar-refractivity contribution in [1.29, 1.82) is 0 Å².